The number of carbonyl (C=O) groups excluding carboxylic acids is 3. The summed E-state index contributed by atoms with van der Waals surface area (Å²) >= 11 is 6.03. The number of fused-ring (bicyclic) bond motifs is 1. The highest BCUT2D eigenvalue weighted by atomic mass is 35.5. The van der Waals surface area contributed by atoms with E-state index in [1.807, 2.05) is 42.5 Å². The van der Waals surface area contributed by atoms with Crippen molar-refractivity contribution in [2.24, 2.45) is 0 Å². The summed E-state index contributed by atoms with van der Waals surface area (Å²) in [4.78, 5) is 47.3. The molecule has 2 aliphatic heterocycles. The summed E-state index contributed by atoms with van der Waals surface area (Å²) < 4.78 is 0. The second kappa shape index (κ2) is 12.7. The number of halogens is 1. The average Bonchev–Trinajstić information content (AvgIpc) is 3.47. The molecule has 0 spiro atoms. The van der Waals surface area contributed by atoms with Gasteiger partial charge in [-0.15, -0.1) is 0 Å². The maximum Gasteiger partial charge on any atom is 0.254 e. The second-order valence-electron chi connectivity index (χ2n) is 10.9. The smallest absolute Gasteiger partial charge is 0.254 e. The van der Waals surface area contributed by atoms with Crippen molar-refractivity contribution in [1.29, 1.82) is 0 Å². The van der Waals surface area contributed by atoms with Gasteiger partial charge in [0.25, 0.3) is 11.8 Å². The predicted molar refractivity (Wildman–Crippen MR) is 162 cm³/mol. The lowest BCUT2D eigenvalue weighted by Crippen LogP contribution is -2.39. The Bertz CT molecular complexity index is 1440. The highest BCUT2D eigenvalue weighted by Crippen LogP contribution is 2.30. The quantitative estimate of drug-likeness (QED) is 0.356. The largest absolute Gasteiger partial charge is 0.331 e. The number of hydrogen-bond donors (Lipinski definition) is 0. The van der Waals surface area contributed by atoms with Gasteiger partial charge in [0.15, 0.2) is 0 Å². The van der Waals surface area contributed by atoms with Crippen LogP contribution in [0.4, 0.5) is 5.69 Å². The van der Waals surface area contributed by atoms with Gasteiger partial charge in [-0.05, 0) is 92.6 Å². The van der Waals surface area contributed by atoms with Crippen molar-refractivity contribution in [3.8, 4) is 0 Å². The fourth-order valence-electron chi connectivity index (χ4n) is 5.25. The molecular weight excluding hydrogens is 536 g/mol. The lowest BCUT2D eigenvalue weighted by molar-refractivity contribution is -0.119. The van der Waals surface area contributed by atoms with E-state index >= 15 is 0 Å². The first-order valence-electron chi connectivity index (χ1n) is 13.9. The van der Waals surface area contributed by atoms with E-state index in [1.54, 1.807) is 39.0 Å². The zero-order valence-corrected chi connectivity index (χ0v) is 24.3. The number of rotatable bonds is 8. The third kappa shape index (κ3) is 6.87. The molecule has 3 aromatic carbocycles. The Kier molecular flexibility index (Phi) is 8.86. The summed E-state index contributed by atoms with van der Waals surface area (Å²) in [5, 5.41) is 0.552. The molecule has 0 aromatic heterocycles. The Hall–Kier alpha value is -3.94. The van der Waals surface area contributed by atoms with Crippen molar-refractivity contribution < 1.29 is 14.4 Å². The molecule has 0 unspecified atom stereocenters. The fraction of sp³-hybridized carbons (Fsp3) is 0.303. The van der Waals surface area contributed by atoms with Crippen LogP contribution in [0.1, 0.15) is 43.8 Å². The molecule has 212 valence electrons. The number of hydrogen-bond acceptors (Lipinski definition) is 4. The summed E-state index contributed by atoms with van der Waals surface area (Å²) in [6, 6.07) is 20.4. The maximum absolute atomic E-state index is 13.8. The van der Waals surface area contributed by atoms with Gasteiger partial charge in [0.2, 0.25) is 5.91 Å². The Morgan fingerprint density at radius 2 is 1.41 bits per heavy atom. The van der Waals surface area contributed by atoms with Crippen molar-refractivity contribution >= 4 is 35.0 Å². The van der Waals surface area contributed by atoms with Crippen LogP contribution in [-0.2, 0) is 24.3 Å². The molecule has 5 rings (SSSR count). The van der Waals surface area contributed by atoms with E-state index in [2.05, 4.69) is 31.1 Å². The fourth-order valence-corrected chi connectivity index (χ4v) is 5.37. The number of aryl methyl sites for hydroxylation is 1. The first-order chi connectivity index (χ1) is 19.8. The first-order valence-corrected chi connectivity index (χ1v) is 14.3. The van der Waals surface area contributed by atoms with Crippen molar-refractivity contribution in [2.75, 3.05) is 45.2 Å². The molecule has 3 aromatic rings. The molecule has 0 atom stereocenters. The topological polar surface area (TPSA) is 64.2 Å². The summed E-state index contributed by atoms with van der Waals surface area (Å²) in [5.74, 6) is -0.367. The van der Waals surface area contributed by atoms with Crippen LogP contribution < -0.4 is 4.90 Å². The van der Waals surface area contributed by atoms with Crippen LogP contribution in [0.5, 0.6) is 0 Å². The lowest BCUT2D eigenvalue weighted by atomic mass is 10.0. The summed E-state index contributed by atoms with van der Waals surface area (Å²) in [7, 11) is 4.12. The van der Waals surface area contributed by atoms with Crippen LogP contribution in [0, 0.1) is 0 Å². The van der Waals surface area contributed by atoms with Gasteiger partial charge in [0.05, 0.1) is 6.54 Å². The number of benzene rings is 3. The number of amides is 3. The van der Waals surface area contributed by atoms with Gasteiger partial charge >= 0.3 is 0 Å². The van der Waals surface area contributed by atoms with Gasteiger partial charge in [0, 0.05) is 41.5 Å². The van der Waals surface area contributed by atoms with E-state index in [-0.39, 0.29) is 24.3 Å². The maximum atomic E-state index is 13.8. The summed E-state index contributed by atoms with van der Waals surface area (Å²) in [6.45, 7) is 2.86. The molecule has 0 bridgehead atoms. The molecule has 2 aliphatic rings. The first kappa shape index (κ1) is 28.6. The highest BCUT2D eigenvalue weighted by Gasteiger charge is 2.30. The molecule has 0 saturated heterocycles. The standard InChI is InChI=1S/C33H35ClN4O3/c1-35(2)17-5-6-24-7-12-28-22-37(33(41)27-13-15-29(34)16-14-27)23-31(39)38(30(28)20-24)21-25-8-10-26(11-9-25)32(40)36-18-3-4-19-36/h3-4,7-16,20H,5-6,17-19,21-23H2,1-2H3. The zero-order chi connectivity index (χ0) is 28.9. The highest BCUT2D eigenvalue weighted by molar-refractivity contribution is 6.30. The van der Waals surface area contributed by atoms with E-state index < -0.39 is 0 Å². The molecule has 0 radical (unpaired) electrons. The summed E-state index contributed by atoms with van der Waals surface area (Å²) in [6.07, 6.45) is 5.88. The van der Waals surface area contributed by atoms with Crippen LogP contribution in [-0.4, -0.2) is 72.7 Å². The molecule has 0 fully saturated rings. The second-order valence-corrected chi connectivity index (χ2v) is 11.3. The van der Waals surface area contributed by atoms with Crippen LogP contribution in [0.3, 0.4) is 0 Å². The van der Waals surface area contributed by atoms with Crippen molar-refractivity contribution in [1.82, 2.24) is 14.7 Å². The van der Waals surface area contributed by atoms with E-state index in [0.29, 0.717) is 42.3 Å². The number of carbonyl (C=O) groups is 3. The van der Waals surface area contributed by atoms with Crippen LogP contribution in [0.15, 0.2) is 78.9 Å². The predicted octanol–water partition coefficient (Wildman–Crippen LogP) is 5.04. The molecule has 2 heterocycles. The van der Waals surface area contributed by atoms with Crippen LogP contribution in [0.2, 0.25) is 5.02 Å². The van der Waals surface area contributed by atoms with E-state index in [9.17, 15) is 14.4 Å². The Morgan fingerprint density at radius 3 is 2.07 bits per heavy atom. The van der Waals surface area contributed by atoms with Crippen molar-refractivity contribution in [3.05, 3.63) is 112 Å². The van der Waals surface area contributed by atoms with E-state index in [4.69, 9.17) is 11.6 Å². The summed E-state index contributed by atoms with van der Waals surface area (Å²) in [5.41, 5.74) is 4.93. The third-order valence-electron chi connectivity index (χ3n) is 7.53. The number of nitrogens with zero attached hydrogens (tertiary/aromatic N) is 4. The Labute approximate surface area is 246 Å². The molecule has 0 aliphatic carbocycles. The Balaban J connectivity index is 1.41. The Morgan fingerprint density at radius 1 is 0.805 bits per heavy atom. The van der Waals surface area contributed by atoms with Gasteiger partial charge in [-0.2, -0.15) is 0 Å². The molecular formula is C33H35ClN4O3. The van der Waals surface area contributed by atoms with Crippen molar-refractivity contribution in [2.45, 2.75) is 25.9 Å². The monoisotopic (exact) mass is 570 g/mol. The van der Waals surface area contributed by atoms with Gasteiger partial charge in [-0.3, -0.25) is 14.4 Å². The zero-order valence-electron chi connectivity index (χ0n) is 23.6. The number of anilines is 1. The minimum atomic E-state index is -0.211. The molecule has 7 nitrogen and oxygen atoms in total. The minimum Gasteiger partial charge on any atom is -0.331 e. The normalized spacial score (nSPS) is 14.9. The SMILES string of the molecule is CN(C)CCCc1ccc2c(c1)N(Cc1ccc(C(=O)N3CC=CC3)cc1)C(=O)CN(C(=O)c1ccc(Cl)cc1)C2. The van der Waals surface area contributed by atoms with E-state index in [0.717, 1.165) is 41.8 Å². The third-order valence-corrected chi connectivity index (χ3v) is 7.78. The minimum absolute atomic E-state index is 0.00327. The van der Waals surface area contributed by atoms with Crippen LogP contribution >= 0.6 is 11.6 Å². The molecule has 0 saturated carbocycles. The van der Waals surface area contributed by atoms with E-state index in [1.165, 1.54) is 0 Å². The molecule has 8 heteroatoms. The molecule has 41 heavy (non-hydrogen) atoms. The van der Waals surface area contributed by atoms with Gasteiger partial charge in [0.1, 0.15) is 6.54 Å². The van der Waals surface area contributed by atoms with Crippen molar-refractivity contribution in [3.63, 3.8) is 0 Å². The molecule has 0 N–H and O–H groups in total. The van der Waals surface area contributed by atoms with Crippen LogP contribution in [0.25, 0.3) is 0 Å². The molecule has 3 amide bonds. The van der Waals surface area contributed by atoms with Gasteiger partial charge in [-0.25, -0.2) is 0 Å². The average molecular weight is 571 g/mol. The van der Waals surface area contributed by atoms with Gasteiger partial charge < -0.3 is 19.6 Å². The van der Waals surface area contributed by atoms with Gasteiger partial charge in [-0.1, -0.05) is 48.0 Å². The lowest BCUT2D eigenvalue weighted by Gasteiger charge is -2.24.